The molecule has 1 saturated heterocycles. The topological polar surface area (TPSA) is 74.2 Å². The fourth-order valence-corrected chi connectivity index (χ4v) is 7.94. The van der Waals surface area contributed by atoms with E-state index in [1.165, 1.54) is 6.08 Å². The highest BCUT2D eigenvalue weighted by atomic mass is 28.4. The highest BCUT2D eigenvalue weighted by Crippen LogP contribution is 2.41. The highest BCUT2D eigenvalue weighted by Gasteiger charge is 2.46. The molecule has 0 aromatic rings. The van der Waals surface area contributed by atoms with E-state index >= 15 is 0 Å². The molecule has 2 fully saturated rings. The number of hydrogen-bond donors (Lipinski definition) is 1. The Bertz CT molecular complexity index is 640. The highest BCUT2D eigenvalue weighted by molar-refractivity contribution is 6.71. The zero-order valence-electron chi connectivity index (χ0n) is 19.5. The molecule has 2 heterocycles. The van der Waals surface area contributed by atoms with Crippen molar-refractivity contribution in [3.8, 4) is 0 Å². The maximum absolute atomic E-state index is 10.9. The number of carboxylic acids is 1. The van der Waals surface area contributed by atoms with Crippen molar-refractivity contribution in [2.45, 2.75) is 89.7 Å². The summed E-state index contributed by atoms with van der Waals surface area (Å²) in [6.07, 6.45) is 11.5. The van der Waals surface area contributed by atoms with Gasteiger partial charge in [0.15, 0.2) is 14.6 Å². The van der Waals surface area contributed by atoms with Gasteiger partial charge in [-0.1, -0.05) is 26.0 Å². The lowest BCUT2D eigenvalue weighted by molar-refractivity contribution is -0.197. The first-order valence-corrected chi connectivity index (χ1v) is 15.0. The second kappa shape index (κ2) is 11.2. The van der Waals surface area contributed by atoms with Gasteiger partial charge in [-0.2, -0.15) is 0 Å². The number of carbonyl (C=O) groups is 1. The van der Waals surface area contributed by atoms with Gasteiger partial charge in [0, 0.05) is 37.5 Å². The molecule has 2 aliphatic heterocycles. The molecule has 0 radical (unpaired) electrons. The number of ether oxygens (including phenoxy) is 3. The molecule has 7 heteroatoms. The predicted octanol–water partition coefficient (Wildman–Crippen LogP) is 4.77. The Morgan fingerprint density at radius 2 is 2.13 bits per heavy atom. The van der Waals surface area contributed by atoms with Crippen molar-refractivity contribution in [2.75, 3.05) is 13.2 Å². The quantitative estimate of drug-likeness (QED) is 0.309. The summed E-state index contributed by atoms with van der Waals surface area (Å²) in [4.78, 5) is 10.9. The molecule has 1 saturated carbocycles. The van der Waals surface area contributed by atoms with Crippen LogP contribution >= 0.6 is 0 Å². The fourth-order valence-electron chi connectivity index (χ4n) is 5.21. The van der Waals surface area contributed by atoms with Crippen LogP contribution in [0.3, 0.4) is 0 Å². The lowest BCUT2D eigenvalue weighted by atomic mass is 9.94. The van der Waals surface area contributed by atoms with Gasteiger partial charge in [-0.25, -0.2) is 4.79 Å². The van der Waals surface area contributed by atoms with Crippen LogP contribution in [-0.2, 0) is 23.4 Å². The second-order valence-electron chi connectivity index (χ2n) is 10.2. The van der Waals surface area contributed by atoms with Crippen molar-refractivity contribution in [3.05, 3.63) is 24.3 Å². The third-order valence-electron chi connectivity index (χ3n) is 6.43. The molecule has 0 spiro atoms. The standard InChI is InChI=1S/C24H40O6Si/c1-17(2)16-31(3,4)28-15-20-19-9-7-8-18(11-12-23(25)26)29-21(19)14-22(20)30-24-10-5-6-13-27-24/h7,9,11-12,17-22,24H,5-6,8,10,13-16H2,1-4H3,(H,25,26)/t18-,19-,20-,21+,22-,24?/m1/s1. The van der Waals surface area contributed by atoms with E-state index in [1.54, 1.807) is 6.08 Å². The van der Waals surface area contributed by atoms with Crippen LogP contribution in [0.4, 0.5) is 0 Å². The average molecular weight is 453 g/mol. The molecule has 3 rings (SSSR count). The Labute approximate surface area is 188 Å². The first-order valence-electron chi connectivity index (χ1n) is 11.9. The molecular formula is C24H40O6Si. The molecule has 0 amide bonds. The van der Waals surface area contributed by atoms with Crippen LogP contribution in [0, 0.1) is 17.8 Å². The zero-order valence-corrected chi connectivity index (χ0v) is 20.5. The molecule has 6 nitrogen and oxygen atoms in total. The Morgan fingerprint density at radius 3 is 2.81 bits per heavy atom. The third-order valence-corrected chi connectivity index (χ3v) is 9.17. The molecule has 6 atom stereocenters. The van der Waals surface area contributed by atoms with Crippen molar-refractivity contribution in [3.63, 3.8) is 0 Å². The predicted molar refractivity (Wildman–Crippen MR) is 122 cm³/mol. The van der Waals surface area contributed by atoms with Gasteiger partial charge in [-0.15, -0.1) is 0 Å². The average Bonchev–Trinajstić information content (AvgIpc) is 2.86. The molecule has 0 aromatic carbocycles. The van der Waals surface area contributed by atoms with Crippen molar-refractivity contribution in [1.29, 1.82) is 0 Å². The van der Waals surface area contributed by atoms with Crippen LogP contribution in [0.2, 0.25) is 19.1 Å². The Hall–Kier alpha value is -0.993. The van der Waals surface area contributed by atoms with E-state index in [9.17, 15) is 4.79 Å². The molecular weight excluding hydrogens is 412 g/mol. The van der Waals surface area contributed by atoms with Gasteiger partial charge < -0.3 is 23.7 Å². The largest absolute Gasteiger partial charge is 0.478 e. The van der Waals surface area contributed by atoms with E-state index in [0.29, 0.717) is 18.9 Å². The first kappa shape index (κ1) is 24.6. The molecule has 0 bridgehead atoms. The van der Waals surface area contributed by atoms with E-state index < -0.39 is 14.3 Å². The summed E-state index contributed by atoms with van der Waals surface area (Å²) in [7, 11) is -1.75. The van der Waals surface area contributed by atoms with Gasteiger partial charge in [-0.05, 0) is 56.8 Å². The minimum atomic E-state index is -1.75. The summed E-state index contributed by atoms with van der Waals surface area (Å²) in [5, 5.41) is 8.97. The summed E-state index contributed by atoms with van der Waals surface area (Å²) in [6, 6.07) is 1.14. The van der Waals surface area contributed by atoms with Crippen molar-refractivity contribution < 1.29 is 28.5 Å². The Kier molecular flexibility index (Phi) is 8.93. The minimum absolute atomic E-state index is 0.000682. The van der Waals surface area contributed by atoms with Gasteiger partial charge in [0.25, 0.3) is 0 Å². The SMILES string of the molecule is CC(C)C[Si](C)(C)OC[C@@H]1[C@H]2C=CC[C@H](C=CC(=O)O)O[C@H]2C[C@H]1OC1CCCCO1. The summed E-state index contributed by atoms with van der Waals surface area (Å²) in [6.45, 7) is 10.5. The Balaban J connectivity index is 1.71. The minimum Gasteiger partial charge on any atom is -0.478 e. The normalized spacial score (nSPS) is 34.2. The van der Waals surface area contributed by atoms with Gasteiger partial charge in [0.1, 0.15) is 0 Å². The fraction of sp³-hybridized carbons (Fsp3) is 0.792. The van der Waals surface area contributed by atoms with Crippen LogP contribution in [0.5, 0.6) is 0 Å². The van der Waals surface area contributed by atoms with Crippen LogP contribution in [0.1, 0.15) is 46.0 Å². The van der Waals surface area contributed by atoms with Crippen molar-refractivity contribution in [2.24, 2.45) is 17.8 Å². The molecule has 3 aliphatic rings. The van der Waals surface area contributed by atoms with Crippen LogP contribution in [0.15, 0.2) is 24.3 Å². The molecule has 1 N–H and O–H groups in total. The van der Waals surface area contributed by atoms with E-state index in [1.807, 2.05) is 0 Å². The number of carboxylic acid groups (broad SMARTS) is 1. The maximum Gasteiger partial charge on any atom is 0.328 e. The second-order valence-corrected chi connectivity index (χ2v) is 14.4. The van der Waals surface area contributed by atoms with E-state index in [4.69, 9.17) is 23.7 Å². The van der Waals surface area contributed by atoms with Crippen LogP contribution in [0.25, 0.3) is 0 Å². The van der Waals surface area contributed by atoms with Crippen LogP contribution in [-0.4, -0.2) is 57.2 Å². The summed E-state index contributed by atoms with van der Waals surface area (Å²) in [5.41, 5.74) is 0. The molecule has 176 valence electrons. The zero-order chi connectivity index (χ0) is 22.4. The van der Waals surface area contributed by atoms with Gasteiger partial charge in [0.05, 0.1) is 18.3 Å². The lowest BCUT2D eigenvalue weighted by Gasteiger charge is -2.32. The monoisotopic (exact) mass is 452 g/mol. The van der Waals surface area contributed by atoms with Crippen LogP contribution < -0.4 is 0 Å². The smallest absolute Gasteiger partial charge is 0.328 e. The number of rotatable bonds is 9. The molecule has 0 aromatic heterocycles. The van der Waals surface area contributed by atoms with E-state index in [2.05, 4.69) is 39.1 Å². The third kappa shape index (κ3) is 7.53. The lowest BCUT2D eigenvalue weighted by Crippen LogP contribution is -2.38. The molecule has 1 unspecified atom stereocenters. The van der Waals surface area contributed by atoms with Gasteiger partial charge in [0.2, 0.25) is 0 Å². The summed E-state index contributed by atoms with van der Waals surface area (Å²) in [5.74, 6) is 0.108. The maximum atomic E-state index is 10.9. The van der Waals surface area contributed by atoms with Crippen molar-refractivity contribution in [1.82, 2.24) is 0 Å². The van der Waals surface area contributed by atoms with Gasteiger partial charge in [-0.3, -0.25) is 0 Å². The first-order chi connectivity index (χ1) is 14.7. The molecule has 1 aliphatic carbocycles. The number of fused-ring (bicyclic) bond motifs is 1. The summed E-state index contributed by atoms with van der Waals surface area (Å²) >= 11 is 0. The van der Waals surface area contributed by atoms with E-state index in [0.717, 1.165) is 38.3 Å². The van der Waals surface area contributed by atoms with Gasteiger partial charge >= 0.3 is 5.97 Å². The Morgan fingerprint density at radius 1 is 1.32 bits per heavy atom. The van der Waals surface area contributed by atoms with Crippen molar-refractivity contribution >= 4 is 14.3 Å². The molecule has 31 heavy (non-hydrogen) atoms. The van der Waals surface area contributed by atoms with E-state index in [-0.39, 0.29) is 36.4 Å². The summed E-state index contributed by atoms with van der Waals surface area (Å²) < 4.78 is 25.3. The number of aliphatic carboxylic acids is 1. The number of hydrogen-bond acceptors (Lipinski definition) is 5.